The van der Waals surface area contributed by atoms with Gasteiger partial charge in [-0.25, -0.2) is 4.90 Å². The van der Waals surface area contributed by atoms with Crippen LogP contribution in [0.4, 0.5) is 5.69 Å². The van der Waals surface area contributed by atoms with Crippen LogP contribution in [0.3, 0.4) is 0 Å². The Labute approximate surface area is 174 Å². The van der Waals surface area contributed by atoms with E-state index < -0.39 is 17.3 Å². The number of aliphatic hydroxyl groups excluding tert-OH is 1. The molecule has 2 atom stereocenters. The van der Waals surface area contributed by atoms with Crippen LogP contribution in [0.1, 0.15) is 33.7 Å². The predicted molar refractivity (Wildman–Crippen MR) is 113 cm³/mol. The number of para-hydroxylation sites is 1. The first-order chi connectivity index (χ1) is 14.6. The molecule has 0 radical (unpaired) electrons. The monoisotopic (exact) mass is 395 g/mol. The molecule has 0 unspecified atom stereocenters. The maximum Gasteiger partial charge on any atom is 0.239 e. The average Bonchev–Trinajstić information content (AvgIpc) is 3.05. The number of aliphatic hydroxyl groups is 1. The van der Waals surface area contributed by atoms with Crippen molar-refractivity contribution < 1.29 is 14.7 Å². The number of hydrogen-bond donors (Lipinski definition) is 1. The molecule has 2 amide bonds. The van der Waals surface area contributed by atoms with Gasteiger partial charge in [-0.05, 0) is 40.8 Å². The van der Waals surface area contributed by atoms with E-state index in [0.717, 1.165) is 27.8 Å². The van der Waals surface area contributed by atoms with Gasteiger partial charge < -0.3 is 5.11 Å². The number of rotatable bonds is 2. The minimum Gasteiger partial charge on any atom is -0.395 e. The Morgan fingerprint density at radius 1 is 0.833 bits per heavy atom. The van der Waals surface area contributed by atoms with Gasteiger partial charge in [0, 0.05) is 5.92 Å². The van der Waals surface area contributed by atoms with Crippen molar-refractivity contribution >= 4 is 17.5 Å². The second-order valence-corrected chi connectivity index (χ2v) is 8.58. The zero-order valence-corrected chi connectivity index (χ0v) is 16.6. The summed E-state index contributed by atoms with van der Waals surface area (Å²) >= 11 is 0. The molecule has 4 aliphatic rings. The molecule has 148 valence electrons. The van der Waals surface area contributed by atoms with Crippen molar-refractivity contribution in [2.24, 2.45) is 11.8 Å². The Morgan fingerprint density at radius 2 is 1.40 bits per heavy atom. The van der Waals surface area contributed by atoms with E-state index in [1.807, 2.05) is 79.7 Å². The molecule has 1 heterocycles. The summed E-state index contributed by atoms with van der Waals surface area (Å²) in [5.41, 5.74) is 4.69. The summed E-state index contributed by atoms with van der Waals surface area (Å²) in [6.45, 7) is 1.70. The number of imide groups is 1. The highest BCUT2D eigenvalue weighted by Crippen LogP contribution is 2.64. The summed E-state index contributed by atoms with van der Waals surface area (Å²) in [4.78, 5) is 29.0. The topological polar surface area (TPSA) is 57.6 Å². The van der Waals surface area contributed by atoms with Crippen molar-refractivity contribution in [2.45, 2.75) is 18.3 Å². The number of nitrogens with zero attached hydrogens (tertiary/aromatic N) is 1. The molecule has 30 heavy (non-hydrogen) atoms. The van der Waals surface area contributed by atoms with Crippen molar-refractivity contribution in [1.82, 2.24) is 0 Å². The highest BCUT2D eigenvalue weighted by Gasteiger charge is 2.68. The van der Waals surface area contributed by atoms with Gasteiger partial charge in [0.15, 0.2) is 0 Å². The molecule has 3 aromatic rings. The average molecular weight is 395 g/mol. The number of hydrogen-bond acceptors (Lipinski definition) is 3. The summed E-state index contributed by atoms with van der Waals surface area (Å²) in [6, 6.07) is 23.5. The number of benzene rings is 3. The molecule has 0 aromatic heterocycles. The predicted octanol–water partition coefficient (Wildman–Crippen LogP) is 3.54. The number of amides is 2. The Morgan fingerprint density at radius 3 is 2.00 bits per heavy atom. The van der Waals surface area contributed by atoms with Crippen LogP contribution in [0.15, 0.2) is 72.8 Å². The van der Waals surface area contributed by atoms with Gasteiger partial charge in [-0.1, -0.05) is 66.7 Å². The van der Waals surface area contributed by atoms with Gasteiger partial charge in [0.05, 0.1) is 29.5 Å². The SMILES string of the molecule is Cc1ccccc1N1C(=O)[C@@H]2[C@@H](C1=O)C1c3ccccc3C2(CO)c2ccccc21. The molecule has 1 aliphatic heterocycles. The Kier molecular flexibility index (Phi) is 3.46. The zero-order valence-electron chi connectivity index (χ0n) is 16.6. The molecule has 0 saturated carbocycles. The number of carbonyl (C=O) groups is 2. The number of carbonyl (C=O) groups excluding carboxylic acids is 2. The lowest BCUT2D eigenvalue weighted by molar-refractivity contribution is -0.124. The fraction of sp³-hybridized carbons (Fsp3) is 0.231. The van der Waals surface area contributed by atoms with Gasteiger partial charge >= 0.3 is 0 Å². The summed E-state index contributed by atoms with van der Waals surface area (Å²) in [5.74, 6) is -1.66. The zero-order chi connectivity index (χ0) is 20.6. The van der Waals surface area contributed by atoms with Crippen LogP contribution in [0, 0.1) is 18.8 Å². The Hall–Kier alpha value is -3.24. The normalized spacial score (nSPS) is 28.3. The van der Waals surface area contributed by atoms with E-state index in [9.17, 15) is 14.7 Å². The second kappa shape index (κ2) is 5.89. The van der Waals surface area contributed by atoms with E-state index >= 15 is 0 Å². The first-order valence-electron chi connectivity index (χ1n) is 10.3. The number of aryl methyl sites for hydroxylation is 1. The van der Waals surface area contributed by atoms with Crippen LogP contribution < -0.4 is 4.90 Å². The van der Waals surface area contributed by atoms with Gasteiger partial charge in [0.2, 0.25) is 11.8 Å². The van der Waals surface area contributed by atoms with Crippen molar-refractivity contribution in [3.8, 4) is 0 Å². The first-order valence-corrected chi connectivity index (χ1v) is 10.3. The molecule has 1 saturated heterocycles. The summed E-state index contributed by atoms with van der Waals surface area (Å²) in [5, 5.41) is 10.8. The van der Waals surface area contributed by atoms with E-state index in [1.54, 1.807) is 0 Å². The van der Waals surface area contributed by atoms with Crippen LogP contribution in [-0.2, 0) is 15.0 Å². The third-order valence-corrected chi connectivity index (χ3v) is 7.40. The summed E-state index contributed by atoms with van der Waals surface area (Å²) in [6.07, 6.45) is 0. The molecule has 2 bridgehead atoms. The van der Waals surface area contributed by atoms with Crippen molar-refractivity contribution in [3.63, 3.8) is 0 Å². The minimum absolute atomic E-state index is 0.161. The number of anilines is 1. The molecule has 4 nitrogen and oxygen atoms in total. The fourth-order valence-electron chi connectivity index (χ4n) is 6.25. The van der Waals surface area contributed by atoms with E-state index in [2.05, 4.69) is 0 Å². The standard InChI is InChI=1S/C26H21NO3/c1-15-8-2-7-13-20(15)27-24(29)22-21-16-9-3-5-11-18(16)26(14-28,23(22)25(27)30)19-12-6-4-10-17(19)21/h2-13,21-23,28H,14H2,1H3/t21?,22-,23-,26?/m0/s1. The second-order valence-electron chi connectivity index (χ2n) is 8.58. The van der Waals surface area contributed by atoms with Crippen LogP contribution in [-0.4, -0.2) is 23.5 Å². The van der Waals surface area contributed by atoms with E-state index in [1.165, 1.54) is 4.90 Å². The summed E-state index contributed by atoms with van der Waals surface area (Å²) < 4.78 is 0. The fourth-order valence-corrected chi connectivity index (χ4v) is 6.25. The molecule has 1 fully saturated rings. The molecule has 7 rings (SSSR count). The van der Waals surface area contributed by atoms with Gasteiger partial charge in [-0.15, -0.1) is 0 Å². The van der Waals surface area contributed by atoms with Gasteiger partial charge in [-0.2, -0.15) is 0 Å². The van der Waals surface area contributed by atoms with Crippen LogP contribution in [0.25, 0.3) is 0 Å². The molecule has 4 heteroatoms. The molecule has 3 aliphatic carbocycles. The van der Waals surface area contributed by atoms with Crippen molar-refractivity contribution in [1.29, 1.82) is 0 Å². The molecular weight excluding hydrogens is 374 g/mol. The first kappa shape index (κ1) is 17.6. The molecular formula is C26H21NO3. The van der Waals surface area contributed by atoms with Crippen LogP contribution >= 0.6 is 0 Å². The van der Waals surface area contributed by atoms with Crippen LogP contribution in [0.2, 0.25) is 0 Å². The van der Waals surface area contributed by atoms with E-state index in [0.29, 0.717) is 5.69 Å². The van der Waals surface area contributed by atoms with Crippen LogP contribution in [0.5, 0.6) is 0 Å². The maximum absolute atomic E-state index is 13.9. The largest absolute Gasteiger partial charge is 0.395 e. The van der Waals surface area contributed by atoms with E-state index in [-0.39, 0.29) is 24.3 Å². The molecule has 3 aromatic carbocycles. The lowest BCUT2D eigenvalue weighted by Gasteiger charge is -2.53. The third kappa shape index (κ3) is 1.86. The smallest absolute Gasteiger partial charge is 0.239 e. The highest BCUT2D eigenvalue weighted by molar-refractivity contribution is 6.24. The van der Waals surface area contributed by atoms with E-state index in [4.69, 9.17) is 0 Å². The minimum atomic E-state index is -0.906. The van der Waals surface area contributed by atoms with Gasteiger partial charge in [0.1, 0.15) is 0 Å². The summed E-state index contributed by atoms with van der Waals surface area (Å²) in [7, 11) is 0. The highest BCUT2D eigenvalue weighted by atomic mass is 16.3. The quantitative estimate of drug-likeness (QED) is 0.676. The van der Waals surface area contributed by atoms with Gasteiger partial charge in [-0.3, -0.25) is 9.59 Å². The molecule has 1 N–H and O–H groups in total. The van der Waals surface area contributed by atoms with Crippen molar-refractivity contribution in [2.75, 3.05) is 11.5 Å². The Bertz CT molecular complexity index is 1180. The Balaban J connectivity index is 1.66. The molecule has 0 spiro atoms. The lowest BCUT2D eigenvalue weighted by Crippen LogP contribution is -2.55. The maximum atomic E-state index is 13.9. The van der Waals surface area contributed by atoms with Gasteiger partial charge in [0.25, 0.3) is 0 Å². The third-order valence-electron chi connectivity index (χ3n) is 7.40. The van der Waals surface area contributed by atoms with Crippen molar-refractivity contribution in [3.05, 3.63) is 101 Å². The lowest BCUT2D eigenvalue weighted by atomic mass is 9.47.